The minimum Gasteiger partial charge on any atom is -0.193 e. The van der Waals surface area contributed by atoms with Crippen molar-refractivity contribution >= 4 is 31.9 Å². The minimum atomic E-state index is -6.19. The highest BCUT2D eigenvalue weighted by atomic mass is 79.9. The smallest absolute Gasteiger partial charge is 0.193 e. The molecular formula is C6Br2F8. The van der Waals surface area contributed by atoms with Crippen LogP contribution < -0.4 is 0 Å². The lowest BCUT2D eigenvalue weighted by atomic mass is 9.92. The molecule has 0 nitrogen and oxygen atoms in total. The zero-order valence-corrected chi connectivity index (χ0v) is 9.95. The summed E-state index contributed by atoms with van der Waals surface area (Å²) in [5.41, 5.74) is 0. The maximum Gasteiger partial charge on any atom is 0.383 e. The van der Waals surface area contributed by atoms with E-state index in [1.165, 1.54) is 0 Å². The van der Waals surface area contributed by atoms with Gasteiger partial charge in [0.25, 0.3) is 0 Å². The van der Waals surface area contributed by atoms with Crippen molar-refractivity contribution in [3.05, 3.63) is 8.96 Å². The third-order valence-electron chi connectivity index (χ3n) is 1.93. The van der Waals surface area contributed by atoms with Crippen molar-refractivity contribution in [2.75, 3.05) is 0 Å². The van der Waals surface area contributed by atoms with Crippen molar-refractivity contribution in [3.63, 3.8) is 0 Å². The van der Waals surface area contributed by atoms with Gasteiger partial charge in [0, 0.05) is 0 Å². The molecule has 0 aliphatic heterocycles. The predicted molar refractivity (Wildman–Crippen MR) is 44.7 cm³/mol. The van der Waals surface area contributed by atoms with Gasteiger partial charge in [-0.15, -0.1) is 0 Å². The Morgan fingerprint density at radius 1 is 0.562 bits per heavy atom. The topological polar surface area (TPSA) is 0 Å². The summed E-state index contributed by atoms with van der Waals surface area (Å²) >= 11 is 3.53. The van der Waals surface area contributed by atoms with Gasteiger partial charge in [0.15, 0.2) is 0 Å². The highest BCUT2D eigenvalue weighted by Crippen LogP contribution is 2.63. The Morgan fingerprint density at radius 3 is 0.938 bits per heavy atom. The first-order chi connectivity index (χ1) is 6.82. The fourth-order valence-corrected chi connectivity index (χ4v) is 1.94. The number of halogens is 10. The number of hydrogen-bond acceptors (Lipinski definition) is 0. The standard InChI is InChI=1S/C6Br2F8/c7-1-2(8)4(11,12)6(15,16)5(13,14)3(1,9)10. The van der Waals surface area contributed by atoms with Gasteiger partial charge in [-0.1, -0.05) is 0 Å². The van der Waals surface area contributed by atoms with Crippen LogP contribution in [0.5, 0.6) is 0 Å². The van der Waals surface area contributed by atoms with Gasteiger partial charge in [0.1, 0.15) is 0 Å². The first-order valence-corrected chi connectivity index (χ1v) is 4.98. The van der Waals surface area contributed by atoms with Crippen LogP contribution in [0.1, 0.15) is 0 Å². The quantitative estimate of drug-likeness (QED) is 0.539. The molecule has 0 N–H and O–H groups in total. The molecular weight excluding hydrogens is 384 g/mol. The first-order valence-electron chi connectivity index (χ1n) is 3.39. The van der Waals surface area contributed by atoms with Crippen molar-refractivity contribution in [3.8, 4) is 0 Å². The summed E-state index contributed by atoms with van der Waals surface area (Å²) in [5.74, 6) is -23.2. The molecule has 0 unspecified atom stereocenters. The van der Waals surface area contributed by atoms with Crippen LogP contribution >= 0.6 is 31.9 Å². The minimum absolute atomic E-state index is 1.77. The summed E-state index contributed by atoms with van der Waals surface area (Å²) in [6.45, 7) is 0. The molecule has 0 saturated carbocycles. The lowest BCUT2D eigenvalue weighted by Gasteiger charge is -2.41. The van der Waals surface area contributed by atoms with E-state index < -0.39 is 32.7 Å². The van der Waals surface area contributed by atoms with E-state index >= 15 is 0 Å². The molecule has 1 aliphatic carbocycles. The van der Waals surface area contributed by atoms with Crippen LogP contribution in [0.2, 0.25) is 0 Å². The van der Waals surface area contributed by atoms with Crippen molar-refractivity contribution in [1.29, 1.82) is 0 Å². The van der Waals surface area contributed by atoms with E-state index in [1.807, 2.05) is 0 Å². The Balaban J connectivity index is 3.64. The van der Waals surface area contributed by atoms with Gasteiger partial charge in [-0.25, -0.2) is 0 Å². The highest BCUT2D eigenvalue weighted by molar-refractivity contribution is 9.14. The van der Waals surface area contributed by atoms with Crippen molar-refractivity contribution < 1.29 is 35.1 Å². The molecule has 0 aromatic heterocycles. The van der Waals surface area contributed by atoms with Crippen molar-refractivity contribution in [1.82, 2.24) is 0 Å². The second-order valence-corrected chi connectivity index (χ2v) is 4.51. The SMILES string of the molecule is FC1(F)C(Br)=C(Br)C(F)(F)C(F)(F)C1(F)F. The van der Waals surface area contributed by atoms with Crippen molar-refractivity contribution in [2.24, 2.45) is 0 Å². The number of hydrogen-bond donors (Lipinski definition) is 0. The molecule has 0 aromatic rings. The molecule has 0 fully saturated rings. The molecule has 94 valence electrons. The summed E-state index contributed by atoms with van der Waals surface area (Å²) in [6, 6.07) is 0. The maximum atomic E-state index is 12.8. The number of allylic oxidation sites excluding steroid dienone is 2. The van der Waals surface area contributed by atoms with Crippen molar-refractivity contribution in [2.45, 2.75) is 23.7 Å². The fourth-order valence-electron chi connectivity index (χ4n) is 0.946. The van der Waals surface area contributed by atoms with E-state index in [4.69, 9.17) is 0 Å². The average molecular weight is 384 g/mol. The van der Waals surface area contributed by atoms with Gasteiger partial charge in [-0.2, -0.15) is 35.1 Å². The molecule has 0 radical (unpaired) electrons. The first kappa shape index (κ1) is 14.2. The van der Waals surface area contributed by atoms with Crippen LogP contribution in [-0.4, -0.2) is 23.7 Å². The van der Waals surface area contributed by atoms with Crippen LogP contribution in [0.25, 0.3) is 0 Å². The summed E-state index contributed by atoms with van der Waals surface area (Å²) in [7, 11) is 0. The van der Waals surface area contributed by atoms with E-state index in [2.05, 4.69) is 0 Å². The number of rotatable bonds is 0. The molecule has 0 aromatic carbocycles. The van der Waals surface area contributed by atoms with Gasteiger partial charge in [-0.05, 0) is 31.9 Å². The van der Waals surface area contributed by atoms with E-state index in [9.17, 15) is 35.1 Å². The van der Waals surface area contributed by atoms with Crippen LogP contribution in [0.4, 0.5) is 35.1 Å². The van der Waals surface area contributed by atoms with E-state index in [0.29, 0.717) is 0 Å². The van der Waals surface area contributed by atoms with E-state index in [0.717, 1.165) is 0 Å². The van der Waals surface area contributed by atoms with Crippen LogP contribution in [-0.2, 0) is 0 Å². The molecule has 0 heterocycles. The Labute approximate surface area is 99.9 Å². The van der Waals surface area contributed by atoms with Gasteiger partial charge in [0.2, 0.25) is 0 Å². The normalized spacial score (nSPS) is 30.4. The maximum absolute atomic E-state index is 12.8. The predicted octanol–water partition coefficient (Wildman–Crippen LogP) is 4.54. The Kier molecular flexibility index (Phi) is 2.96. The lowest BCUT2D eigenvalue weighted by molar-refractivity contribution is -0.354. The van der Waals surface area contributed by atoms with Crippen LogP contribution in [0, 0.1) is 0 Å². The Morgan fingerprint density at radius 2 is 0.750 bits per heavy atom. The Bertz CT molecular complexity index is 324. The van der Waals surface area contributed by atoms with Gasteiger partial charge in [0.05, 0.1) is 8.96 Å². The zero-order valence-electron chi connectivity index (χ0n) is 6.78. The second-order valence-electron chi connectivity index (χ2n) is 2.93. The third-order valence-corrected chi connectivity index (χ3v) is 4.25. The van der Waals surface area contributed by atoms with Crippen LogP contribution in [0.15, 0.2) is 8.96 Å². The molecule has 0 atom stereocenters. The lowest BCUT2D eigenvalue weighted by Crippen LogP contribution is -2.65. The summed E-state index contributed by atoms with van der Waals surface area (Å²) in [5, 5.41) is 0. The monoisotopic (exact) mass is 382 g/mol. The highest BCUT2D eigenvalue weighted by Gasteiger charge is 2.85. The van der Waals surface area contributed by atoms with E-state index in [1.54, 1.807) is 31.9 Å². The molecule has 16 heavy (non-hydrogen) atoms. The molecule has 0 spiro atoms. The summed E-state index contributed by atoms with van der Waals surface area (Å²) < 4.78 is 97.5. The molecule has 0 amide bonds. The molecule has 0 saturated heterocycles. The average Bonchev–Trinajstić information content (AvgIpc) is 2.12. The molecule has 1 aliphatic rings. The Hall–Kier alpha value is 0.140. The molecule has 1 rings (SSSR count). The largest absolute Gasteiger partial charge is 0.383 e. The van der Waals surface area contributed by atoms with Gasteiger partial charge in [-0.3, -0.25) is 0 Å². The molecule has 0 bridgehead atoms. The zero-order chi connectivity index (χ0) is 13.2. The molecule has 10 heteroatoms. The van der Waals surface area contributed by atoms with Gasteiger partial charge < -0.3 is 0 Å². The third kappa shape index (κ3) is 1.31. The number of alkyl halides is 8. The van der Waals surface area contributed by atoms with E-state index in [-0.39, 0.29) is 0 Å². The summed E-state index contributed by atoms with van der Waals surface area (Å²) in [4.78, 5) is 0. The fraction of sp³-hybridized carbons (Fsp3) is 0.667. The van der Waals surface area contributed by atoms with Gasteiger partial charge >= 0.3 is 23.7 Å². The summed E-state index contributed by atoms with van der Waals surface area (Å²) in [6.07, 6.45) is 0. The van der Waals surface area contributed by atoms with Crippen LogP contribution in [0.3, 0.4) is 0 Å². The second kappa shape index (κ2) is 3.33.